The second-order valence-corrected chi connectivity index (χ2v) is 5.86. The monoisotopic (exact) mass is 266 g/mol. The van der Waals surface area contributed by atoms with Gasteiger partial charge in [0, 0.05) is 19.1 Å². The molecule has 1 aromatic carbocycles. The first-order valence-corrected chi connectivity index (χ1v) is 7.27. The van der Waals surface area contributed by atoms with Crippen LogP contribution in [0.15, 0.2) is 18.2 Å². The van der Waals surface area contributed by atoms with Crippen molar-refractivity contribution in [2.24, 2.45) is 11.7 Å². The first-order valence-electron chi connectivity index (χ1n) is 6.89. The maximum Gasteiger partial charge on any atom is 0.0642 e. The van der Waals surface area contributed by atoms with E-state index in [-0.39, 0.29) is 6.04 Å². The van der Waals surface area contributed by atoms with Gasteiger partial charge in [-0.3, -0.25) is 0 Å². The van der Waals surface area contributed by atoms with Gasteiger partial charge < -0.3 is 10.6 Å². The molecule has 0 bridgehead atoms. The number of benzene rings is 1. The van der Waals surface area contributed by atoms with Gasteiger partial charge in [0.2, 0.25) is 0 Å². The first kappa shape index (κ1) is 13.7. The van der Waals surface area contributed by atoms with E-state index in [0.29, 0.717) is 0 Å². The van der Waals surface area contributed by atoms with Crippen molar-refractivity contribution >= 4 is 17.3 Å². The van der Waals surface area contributed by atoms with E-state index in [0.717, 1.165) is 30.5 Å². The van der Waals surface area contributed by atoms with Gasteiger partial charge in [0.25, 0.3) is 0 Å². The standard InChI is InChI=1S/C15H23ClN2/c1-3-18(10-12-4-5-12)15-7-6-13(8-11(2)17)9-14(15)16/h6-7,9,11-12H,3-5,8,10,17H2,1-2H3. The van der Waals surface area contributed by atoms with Gasteiger partial charge in [0.15, 0.2) is 0 Å². The third-order valence-electron chi connectivity index (χ3n) is 3.47. The molecule has 0 heterocycles. The van der Waals surface area contributed by atoms with Crippen LogP contribution >= 0.6 is 11.6 Å². The summed E-state index contributed by atoms with van der Waals surface area (Å²) in [7, 11) is 0. The summed E-state index contributed by atoms with van der Waals surface area (Å²) in [6, 6.07) is 6.54. The van der Waals surface area contributed by atoms with Gasteiger partial charge in [-0.25, -0.2) is 0 Å². The second kappa shape index (κ2) is 5.94. The SMILES string of the molecule is CCN(CC1CC1)c1ccc(CC(C)N)cc1Cl. The Morgan fingerprint density at radius 1 is 1.44 bits per heavy atom. The van der Waals surface area contributed by atoms with Crippen LogP contribution in [0.3, 0.4) is 0 Å². The largest absolute Gasteiger partial charge is 0.370 e. The van der Waals surface area contributed by atoms with Gasteiger partial charge in [0.1, 0.15) is 0 Å². The molecule has 0 radical (unpaired) electrons. The predicted octanol–water partition coefficient (Wildman–Crippen LogP) is 3.47. The molecule has 1 saturated carbocycles. The molecule has 2 N–H and O–H groups in total. The smallest absolute Gasteiger partial charge is 0.0642 e. The molecule has 1 aliphatic carbocycles. The molecule has 3 heteroatoms. The molecular formula is C15H23ClN2. The average molecular weight is 267 g/mol. The van der Waals surface area contributed by atoms with Gasteiger partial charge in [0.05, 0.1) is 10.7 Å². The summed E-state index contributed by atoms with van der Waals surface area (Å²) < 4.78 is 0. The Kier molecular flexibility index (Phi) is 4.52. The van der Waals surface area contributed by atoms with Crippen molar-refractivity contribution in [3.63, 3.8) is 0 Å². The molecule has 1 aromatic rings. The second-order valence-electron chi connectivity index (χ2n) is 5.45. The van der Waals surface area contributed by atoms with Crippen molar-refractivity contribution in [3.05, 3.63) is 28.8 Å². The lowest BCUT2D eigenvalue weighted by atomic mass is 10.1. The minimum atomic E-state index is 0.181. The molecule has 1 unspecified atom stereocenters. The van der Waals surface area contributed by atoms with Crippen LogP contribution in [0.1, 0.15) is 32.3 Å². The third-order valence-corrected chi connectivity index (χ3v) is 3.77. The van der Waals surface area contributed by atoms with Crippen LogP contribution < -0.4 is 10.6 Å². The lowest BCUT2D eigenvalue weighted by Crippen LogP contribution is -2.25. The fourth-order valence-corrected chi connectivity index (χ4v) is 2.64. The highest BCUT2D eigenvalue weighted by Crippen LogP contribution is 2.34. The van der Waals surface area contributed by atoms with E-state index < -0.39 is 0 Å². The van der Waals surface area contributed by atoms with Crippen LogP contribution in [0, 0.1) is 5.92 Å². The van der Waals surface area contributed by atoms with E-state index >= 15 is 0 Å². The quantitative estimate of drug-likeness (QED) is 0.854. The number of rotatable bonds is 6. The Morgan fingerprint density at radius 3 is 2.67 bits per heavy atom. The zero-order valence-electron chi connectivity index (χ0n) is 11.3. The first-order chi connectivity index (χ1) is 8.60. The van der Waals surface area contributed by atoms with Crippen molar-refractivity contribution in [3.8, 4) is 0 Å². The highest BCUT2D eigenvalue weighted by atomic mass is 35.5. The zero-order valence-corrected chi connectivity index (χ0v) is 12.1. The molecule has 0 aliphatic heterocycles. The molecule has 1 atom stereocenters. The fraction of sp³-hybridized carbons (Fsp3) is 0.600. The van der Waals surface area contributed by atoms with Crippen molar-refractivity contribution < 1.29 is 0 Å². The third kappa shape index (κ3) is 3.63. The lowest BCUT2D eigenvalue weighted by Gasteiger charge is -2.24. The van der Waals surface area contributed by atoms with Crippen LogP contribution in [0.25, 0.3) is 0 Å². The summed E-state index contributed by atoms with van der Waals surface area (Å²) in [6.45, 7) is 6.37. The van der Waals surface area contributed by atoms with Crippen LogP contribution in [0.4, 0.5) is 5.69 Å². The average Bonchev–Trinajstić information content (AvgIpc) is 3.10. The number of anilines is 1. The van der Waals surface area contributed by atoms with Crippen molar-refractivity contribution in [1.29, 1.82) is 0 Å². The number of hydrogen-bond donors (Lipinski definition) is 1. The van der Waals surface area contributed by atoms with Gasteiger partial charge in [-0.2, -0.15) is 0 Å². The molecule has 0 spiro atoms. The van der Waals surface area contributed by atoms with Crippen LogP contribution in [-0.2, 0) is 6.42 Å². The molecule has 2 nitrogen and oxygen atoms in total. The summed E-state index contributed by atoms with van der Waals surface area (Å²) in [5.41, 5.74) is 8.21. The van der Waals surface area contributed by atoms with Crippen LogP contribution in [0.5, 0.6) is 0 Å². The van der Waals surface area contributed by atoms with Crippen molar-refractivity contribution in [1.82, 2.24) is 0 Å². The highest BCUT2D eigenvalue weighted by Gasteiger charge is 2.24. The molecule has 18 heavy (non-hydrogen) atoms. The predicted molar refractivity (Wildman–Crippen MR) is 79.4 cm³/mol. The maximum atomic E-state index is 6.41. The Labute approximate surface area is 115 Å². The molecule has 1 fully saturated rings. The Morgan fingerprint density at radius 2 is 2.17 bits per heavy atom. The molecule has 1 aliphatic rings. The van der Waals surface area contributed by atoms with E-state index in [1.165, 1.54) is 24.1 Å². The lowest BCUT2D eigenvalue weighted by molar-refractivity contribution is 0.733. The molecule has 2 rings (SSSR count). The summed E-state index contributed by atoms with van der Waals surface area (Å²) in [5, 5.41) is 0.857. The van der Waals surface area contributed by atoms with Gasteiger partial charge in [-0.1, -0.05) is 17.7 Å². The highest BCUT2D eigenvalue weighted by molar-refractivity contribution is 6.33. The fourth-order valence-electron chi connectivity index (χ4n) is 2.32. The van der Waals surface area contributed by atoms with E-state index in [1.807, 2.05) is 6.92 Å². The number of nitrogens with two attached hydrogens (primary N) is 1. The Hall–Kier alpha value is -0.730. The number of hydrogen-bond acceptors (Lipinski definition) is 2. The minimum absolute atomic E-state index is 0.181. The van der Waals surface area contributed by atoms with Crippen LogP contribution in [-0.4, -0.2) is 19.1 Å². The van der Waals surface area contributed by atoms with E-state index in [1.54, 1.807) is 0 Å². The van der Waals surface area contributed by atoms with Gasteiger partial charge >= 0.3 is 0 Å². The van der Waals surface area contributed by atoms with Gasteiger partial charge in [-0.15, -0.1) is 0 Å². The van der Waals surface area contributed by atoms with Crippen LogP contribution in [0.2, 0.25) is 5.02 Å². The Balaban J connectivity index is 2.11. The maximum absolute atomic E-state index is 6.41. The molecule has 0 saturated heterocycles. The number of nitrogens with zero attached hydrogens (tertiary/aromatic N) is 1. The molecule has 0 amide bonds. The van der Waals surface area contributed by atoms with Gasteiger partial charge in [-0.05, 0) is 56.7 Å². The molecule has 100 valence electrons. The summed E-state index contributed by atoms with van der Waals surface area (Å²) in [4.78, 5) is 2.38. The Bertz CT molecular complexity index is 399. The normalized spacial score (nSPS) is 16.7. The van der Waals surface area contributed by atoms with E-state index in [2.05, 4.69) is 30.0 Å². The molecular weight excluding hydrogens is 244 g/mol. The summed E-state index contributed by atoms with van der Waals surface area (Å²) in [5.74, 6) is 0.879. The summed E-state index contributed by atoms with van der Waals surface area (Å²) in [6.07, 6.45) is 3.63. The van der Waals surface area contributed by atoms with Crippen molar-refractivity contribution in [2.75, 3.05) is 18.0 Å². The summed E-state index contributed by atoms with van der Waals surface area (Å²) >= 11 is 6.41. The zero-order chi connectivity index (χ0) is 13.1. The minimum Gasteiger partial charge on any atom is -0.370 e. The molecule has 0 aromatic heterocycles. The van der Waals surface area contributed by atoms with E-state index in [9.17, 15) is 0 Å². The number of halogens is 1. The topological polar surface area (TPSA) is 29.3 Å². The van der Waals surface area contributed by atoms with E-state index in [4.69, 9.17) is 17.3 Å². The van der Waals surface area contributed by atoms with Crippen molar-refractivity contribution in [2.45, 2.75) is 39.2 Å².